The number of hydrogen-bond acceptors (Lipinski definition) is 4. The average Bonchev–Trinajstić information content (AvgIpc) is 2.76. The third-order valence-electron chi connectivity index (χ3n) is 5.56. The lowest BCUT2D eigenvalue weighted by Crippen LogP contribution is -2.46. The molecular formula is C24H28N2O4. The first-order valence-electron chi connectivity index (χ1n) is 10.6. The third-order valence-corrected chi connectivity index (χ3v) is 5.56. The Morgan fingerprint density at radius 3 is 2.83 bits per heavy atom. The Labute approximate surface area is 177 Å². The predicted octanol–water partition coefficient (Wildman–Crippen LogP) is 3.72. The van der Waals surface area contributed by atoms with Crippen molar-refractivity contribution in [1.82, 2.24) is 4.90 Å². The fraction of sp³-hybridized carbons (Fsp3) is 0.417. The van der Waals surface area contributed by atoms with Gasteiger partial charge in [0.1, 0.15) is 11.9 Å². The molecule has 4 rings (SSSR count). The van der Waals surface area contributed by atoms with Gasteiger partial charge in [-0.05, 0) is 49.1 Å². The van der Waals surface area contributed by atoms with Crippen LogP contribution in [-0.2, 0) is 20.7 Å². The highest BCUT2D eigenvalue weighted by molar-refractivity contribution is 5.94. The molecular weight excluding hydrogens is 380 g/mol. The molecule has 2 heterocycles. The molecule has 0 spiro atoms. The van der Waals surface area contributed by atoms with Crippen molar-refractivity contribution in [2.24, 2.45) is 0 Å². The lowest BCUT2D eigenvalue weighted by atomic mass is 10.0. The van der Waals surface area contributed by atoms with E-state index < -0.39 is 0 Å². The van der Waals surface area contributed by atoms with Crippen molar-refractivity contribution in [3.05, 3.63) is 59.7 Å². The van der Waals surface area contributed by atoms with Crippen LogP contribution in [0.2, 0.25) is 0 Å². The van der Waals surface area contributed by atoms with Gasteiger partial charge in [-0.3, -0.25) is 9.59 Å². The fourth-order valence-electron chi connectivity index (χ4n) is 4.03. The normalized spacial score (nSPS) is 21.0. The summed E-state index contributed by atoms with van der Waals surface area (Å²) in [7, 11) is 0. The summed E-state index contributed by atoms with van der Waals surface area (Å²) in [6.07, 6.45) is 2.29. The number of ether oxygens (including phenoxy) is 2. The Morgan fingerprint density at radius 1 is 1.17 bits per heavy atom. The van der Waals surface area contributed by atoms with Crippen LogP contribution >= 0.6 is 0 Å². The summed E-state index contributed by atoms with van der Waals surface area (Å²) in [6.45, 7) is 3.71. The van der Waals surface area contributed by atoms with Crippen LogP contribution in [0.5, 0.6) is 5.75 Å². The molecule has 2 amide bonds. The SMILES string of the molecule is CC1CN(C(=O)CCCOc2ccc3c(c2)CCC(=O)N3)CC(c2ccccc2)O1. The number of carbonyl (C=O) groups excluding carboxylic acids is 2. The number of amides is 2. The largest absolute Gasteiger partial charge is 0.494 e. The van der Waals surface area contributed by atoms with Gasteiger partial charge in [0.25, 0.3) is 0 Å². The van der Waals surface area contributed by atoms with Crippen molar-refractivity contribution in [3.8, 4) is 5.75 Å². The van der Waals surface area contributed by atoms with E-state index in [0.717, 1.165) is 29.0 Å². The van der Waals surface area contributed by atoms with Gasteiger partial charge in [-0.2, -0.15) is 0 Å². The Balaban J connectivity index is 1.25. The number of benzene rings is 2. The highest BCUT2D eigenvalue weighted by Gasteiger charge is 2.29. The van der Waals surface area contributed by atoms with Crippen LogP contribution in [0.3, 0.4) is 0 Å². The summed E-state index contributed by atoms with van der Waals surface area (Å²) in [5.41, 5.74) is 3.06. The zero-order valence-corrected chi connectivity index (χ0v) is 17.3. The summed E-state index contributed by atoms with van der Waals surface area (Å²) in [5, 5.41) is 2.87. The van der Waals surface area contributed by atoms with Crippen molar-refractivity contribution >= 4 is 17.5 Å². The van der Waals surface area contributed by atoms with Gasteiger partial charge >= 0.3 is 0 Å². The minimum absolute atomic E-state index is 0.0140. The van der Waals surface area contributed by atoms with Gasteiger partial charge in [0.15, 0.2) is 0 Å². The molecule has 2 aromatic rings. The van der Waals surface area contributed by atoms with E-state index in [9.17, 15) is 9.59 Å². The lowest BCUT2D eigenvalue weighted by molar-refractivity contribution is -0.145. The molecule has 0 saturated carbocycles. The first-order valence-corrected chi connectivity index (χ1v) is 10.6. The van der Waals surface area contributed by atoms with Gasteiger partial charge in [-0.15, -0.1) is 0 Å². The Bertz CT molecular complexity index is 899. The predicted molar refractivity (Wildman–Crippen MR) is 114 cm³/mol. The minimum atomic E-state index is -0.0777. The second-order valence-electron chi connectivity index (χ2n) is 7.96. The van der Waals surface area contributed by atoms with Crippen LogP contribution in [-0.4, -0.2) is 42.5 Å². The van der Waals surface area contributed by atoms with Crippen LogP contribution in [0.4, 0.5) is 5.69 Å². The summed E-state index contributed by atoms with van der Waals surface area (Å²) >= 11 is 0. The van der Waals surface area contributed by atoms with Crippen molar-refractivity contribution < 1.29 is 19.1 Å². The summed E-state index contributed by atoms with van der Waals surface area (Å²) in [5.74, 6) is 0.978. The smallest absolute Gasteiger partial charge is 0.224 e. The molecule has 6 nitrogen and oxygen atoms in total. The molecule has 1 N–H and O–H groups in total. The van der Waals surface area contributed by atoms with E-state index in [1.807, 2.05) is 60.4 Å². The fourth-order valence-corrected chi connectivity index (χ4v) is 4.03. The van der Waals surface area contributed by atoms with Crippen molar-refractivity contribution in [1.29, 1.82) is 0 Å². The number of nitrogens with zero attached hydrogens (tertiary/aromatic N) is 1. The molecule has 2 aliphatic heterocycles. The van der Waals surface area contributed by atoms with Crippen molar-refractivity contribution in [2.45, 2.75) is 44.8 Å². The molecule has 6 heteroatoms. The van der Waals surface area contributed by atoms with Gasteiger partial charge < -0.3 is 19.7 Å². The number of aryl methyl sites for hydroxylation is 1. The number of nitrogens with one attached hydrogen (secondary N) is 1. The maximum Gasteiger partial charge on any atom is 0.224 e. The Morgan fingerprint density at radius 2 is 2.00 bits per heavy atom. The van der Waals surface area contributed by atoms with Crippen LogP contribution in [0.25, 0.3) is 0 Å². The van der Waals surface area contributed by atoms with Gasteiger partial charge in [-0.1, -0.05) is 30.3 Å². The van der Waals surface area contributed by atoms with Crippen LogP contribution in [0.1, 0.15) is 43.4 Å². The molecule has 2 atom stereocenters. The van der Waals surface area contributed by atoms with Gasteiger partial charge in [-0.25, -0.2) is 0 Å². The molecule has 0 aliphatic carbocycles. The molecule has 30 heavy (non-hydrogen) atoms. The van der Waals surface area contributed by atoms with Crippen molar-refractivity contribution in [3.63, 3.8) is 0 Å². The van der Waals surface area contributed by atoms with E-state index >= 15 is 0 Å². The second kappa shape index (κ2) is 9.30. The highest BCUT2D eigenvalue weighted by Crippen LogP contribution is 2.27. The van der Waals surface area contributed by atoms with Gasteiger partial charge in [0.2, 0.25) is 11.8 Å². The molecule has 2 aliphatic rings. The molecule has 1 fully saturated rings. The van der Waals surface area contributed by atoms with Crippen LogP contribution < -0.4 is 10.1 Å². The Hall–Kier alpha value is -2.86. The molecule has 1 saturated heterocycles. The van der Waals surface area contributed by atoms with E-state index in [4.69, 9.17) is 9.47 Å². The highest BCUT2D eigenvalue weighted by atomic mass is 16.5. The third kappa shape index (κ3) is 5.00. The number of hydrogen-bond donors (Lipinski definition) is 1. The van der Waals surface area contributed by atoms with Crippen LogP contribution in [0, 0.1) is 0 Å². The Kier molecular flexibility index (Phi) is 6.33. The summed E-state index contributed by atoms with van der Waals surface area (Å²) in [6, 6.07) is 15.8. The van der Waals surface area contributed by atoms with Crippen molar-refractivity contribution in [2.75, 3.05) is 25.0 Å². The number of rotatable bonds is 6. The molecule has 158 valence electrons. The zero-order valence-electron chi connectivity index (χ0n) is 17.3. The monoisotopic (exact) mass is 408 g/mol. The first kappa shape index (κ1) is 20.4. The first-order chi connectivity index (χ1) is 14.6. The number of fused-ring (bicyclic) bond motifs is 1. The van der Waals surface area contributed by atoms with E-state index in [1.54, 1.807) is 0 Å². The molecule has 0 aromatic heterocycles. The van der Waals surface area contributed by atoms with E-state index in [0.29, 0.717) is 39.0 Å². The second-order valence-corrected chi connectivity index (χ2v) is 7.96. The maximum atomic E-state index is 12.7. The summed E-state index contributed by atoms with van der Waals surface area (Å²) in [4.78, 5) is 26.1. The minimum Gasteiger partial charge on any atom is -0.494 e. The summed E-state index contributed by atoms with van der Waals surface area (Å²) < 4.78 is 11.9. The van der Waals surface area contributed by atoms with E-state index in [1.165, 1.54) is 0 Å². The molecule has 0 bridgehead atoms. The van der Waals surface area contributed by atoms with Gasteiger partial charge in [0, 0.05) is 25.1 Å². The molecule has 0 radical (unpaired) electrons. The topological polar surface area (TPSA) is 67.9 Å². The zero-order chi connectivity index (χ0) is 20.9. The lowest BCUT2D eigenvalue weighted by Gasteiger charge is -2.37. The van der Waals surface area contributed by atoms with E-state index in [2.05, 4.69) is 5.32 Å². The standard InChI is InChI=1S/C24H28N2O4/c1-17-15-26(16-22(30-17)18-6-3-2-4-7-18)24(28)8-5-13-29-20-10-11-21-19(14-20)9-12-23(27)25-21/h2-4,6-7,10-11,14,17,22H,5,8-9,12-13,15-16H2,1H3,(H,25,27). The van der Waals surface area contributed by atoms with E-state index in [-0.39, 0.29) is 24.0 Å². The number of morpholine rings is 1. The number of carbonyl (C=O) groups is 2. The molecule has 2 aromatic carbocycles. The maximum absolute atomic E-state index is 12.7. The quantitative estimate of drug-likeness (QED) is 0.740. The number of anilines is 1. The van der Waals surface area contributed by atoms with Gasteiger partial charge in [0.05, 0.1) is 19.3 Å². The molecule has 2 unspecified atom stereocenters. The van der Waals surface area contributed by atoms with Crippen LogP contribution in [0.15, 0.2) is 48.5 Å². The average molecular weight is 408 g/mol.